The zero-order valence-electron chi connectivity index (χ0n) is 14.2. The van der Waals surface area contributed by atoms with Crippen LogP contribution < -0.4 is 0 Å². The quantitative estimate of drug-likeness (QED) is 0.590. The van der Waals surface area contributed by atoms with Gasteiger partial charge in [0, 0.05) is 24.8 Å². The lowest BCUT2D eigenvalue weighted by atomic mass is 9.51. The van der Waals surface area contributed by atoms with E-state index in [0.29, 0.717) is 6.04 Å². The summed E-state index contributed by atoms with van der Waals surface area (Å²) in [6.45, 7) is 4.09. The molecule has 2 unspecified atom stereocenters. The molecule has 3 bridgehead atoms. The number of benzene rings is 1. The first-order chi connectivity index (χ1) is 11.7. The third kappa shape index (κ3) is 1.53. The van der Waals surface area contributed by atoms with E-state index in [1.54, 1.807) is 0 Å². The Hall–Kier alpha value is -1.94. The Kier molecular flexibility index (Phi) is 2.88. The first kappa shape index (κ1) is 14.4. The fourth-order valence-electron chi connectivity index (χ4n) is 5.77. The van der Waals surface area contributed by atoms with Crippen LogP contribution in [0, 0.1) is 11.8 Å². The molecule has 3 aliphatic heterocycles. The molecule has 1 aromatic carbocycles. The van der Waals surface area contributed by atoms with Crippen molar-refractivity contribution in [3.05, 3.63) is 41.5 Å². The molecule has 0 N–H and O–H groups in total. The molecule has 3 heterocycles. The second-order valence-corrected chi connectivity index (χ2v) is 7.43. The number of nitrogens with zero attached hydrogens (tertiary/aromatic N) is 2. The van der Waals surface area contributed by atoms with Crippen molar-refractivity contribution in [1.29, 1.82) is 0 Å². The Bertz CT molecular complexity index is 797. The minimum Gasteiger partial charge on any atom is -0.469 e. The van der Waals surface area contributed by atoms with Gasteiger partial charge in [0.2, 0.25) is 0 Å². The van der Waals surface area contributed by atoms with Crippen LogP contribution in [0.25, 0.3) is 0 Å². The number of rotatable bonds is 1. The molecule has 0 spiro atoms. The zero-order valence-corrected chi connectivity index (χ0v) is 14.2. The lowest BCUT2D eigenvalue weighted by Crippen LogP contribution is -2.68. The van der Waals surface area contributed by atoms with E-state index in [1.807, 2.05) is 6.07 Å². The van der Waals surface area contributed by atoms with Crippen molar-refractivity contribution in [2.24, 2.45) is 16.8 Å². The first-order valence-electron chi connectivity index (χ1n) is 8.86. The predicted octanol–water partition coefficient (Wildman–Crippen LogP) is 2.85. The predicted molar refractivity (Wildman–Crippen MR) is 92.6 cm³/mol. The van der Waals surface area contributed by atoms with E-state index in [0.717, 1.165) is 31.6 Å². The van der Waals surface area contributed by atoms with Crippen LogP contribution in [-0.4, -0.2) is 42.8 Å². The van der Waals surface area contributed by atoms with Gasteiger partial charge in [0.05, 0.1) is 24.1 Å². The van der Waals surface area contributed by atoms with Crippen molar-refractivity contribution in [3.8, 4) is 0 Å². The van der Waals surface area contributed by atoms with E-state index >= 15 is 0 Å². The number of para-hydroxylation sites is 1. The Labute approximate surface area is 142 Å². The van der Waals surface area contributed by atoms with Crippen molar-refractivity contribution in [1.82, 2.24) is 4.90 Å². The average molecular weight is 322 g/mol. The maximum absolute atomic E-state index is 12.9. The van der Waals surface area contributed by atoms with E-state index in [4.69, 9.17) is 9.73 Å². The highest BCUT2D eigenvalue weighted by Gasteiger charge is 2.65. The number of allylic oxidation sites excluding steroid dienone is 1. The molecule has 1 saturated carbocycles. The maximum Gasteiger partial charge on any atom is 0.310 e. The van der Waals surface area contributed by atoms with Gasteiger partial charge in [-0.2, -0.15) is 0 Å². The van der Waals surface area contributed by atoms with Crippen LogP contribution in [0.15, 0.2) is 40.9 Å². The van der Waals surface area contributed by atoms with Gasteiger partial charge in [-0.25, -0.2) is 0 Å². The number of esters is 1. The SMILES string of the molecule is C/C=C1/CN2CCC34C(=Nc5ccccc53)[C@@H]2C[C@H]1C4C(=O)OC. The summed E-state index contributed by atoms with van der Waals surface area (Å²) >= 11 is 0. The number of ether oxygens (including phenoxy) is 1. The third-order valence-corrected chi connectivity index (χ3v) is 6.73. The molecule has 24 heavy (non-hydrogen) atoms. The standard InChI is InChI=1S/C20H22N2O2/c1-3-12-11-22-9-8-20-14-6-4-5-7-15(14)21-18(20)16(22)10-13(12)17(20)19(23)24-2/h3-7,13,16-17H,8-11H2,1-2H3/b12-3-/t13-,16+,17?,20?/m1/s1. The molecule has 0 aromatic heterocycles. The lowest BCUT2D eigenvalue weighted by Gasteiger charge is -2.59. The second-order valence-electron chi connectivity index (χ2n) is 7.43. The molecule has 3 fully saturated rings. The molecule has 0 radical (unpaired) electrons. The van der Waals surface area contributed by atoms with Crippen LogP contribution in [0.3, 0.4) is 0 Å². The van der Waals surface area contributed by atoms with E-state index < -0.39 is 0 Å². The van der Waals surface area contributed by atoms with E-state index in [9.17, 15) is 4.79 Å². The molecule has 4 nitrogen and oxygen atoms in total. The van der Waals surface area contributed by atoms with Gasteiger partial charge in [-0.1, -0.05) is 29.8 Å². The van der Waals surface area contributed by atoms with Crippen molar-refractivity contribution in [2.75, 3.05) is 20.2 Å². The van der Waals surface area contributed by atoms with Crippen LogP contribution in [0.4, 0.5) is 5.69 Å². The van der Waals surface area contributed by atoms with Crippen molar-refractivity contribution >= 4 is 17.4 Å². The minimum absolute atomic E-state index is 0.0717. The first-order valence-corrected chi connectivity index (χ1v) is 8.86. The van der Waals surface area contributed by atoms with E-state index in [1.165, 1.54) is 24.0 Å². The van der Waals surface area contributed by atoms with Crippen LogP contribution >= 0.6 is 0 Å². The Morgan fingerprint density at radius 1 is 1.42 bits per heavy atom. The molecule has 124 valence electrons. The van der Waals surface area contributed by atoms with E-state index in [-0.39, 0.29) is 23.2 Å². The number of hydrogen-bond acceptors (Lipinski definition) is 4. The monoisotopic (exact) mass is 322 g/mol. The number of piperidine rings is 2. The summed E-state index contributed by atoms with van der Waals surface area (Å²) < 4.78 is 5.31. The molecule has 1 aliphatic carbocycles. The molecule has 0 amide bonds. The number of carbonyl (C=O) groups excluding carboxylic acids is 1. The van der Waals surface area contributed by atoms with Gasteiger partial charge in [-0.15, -0.1) is 0 Å². The van der Waals surface area contributed by atoms with Crippen LogP contribution in [0.5, 0.6) is 0 Å². The van der Waals surface area contributed by atoms with Crippen LogP contribution in [-0.2, 0) is 14.9 Å². The zero-order chi connectivity index (χ0) is 16.5. The highest BCUT2D eigenvalue weighted by molar-refractivity contribution is 6.09. The molecular formula is C20H22N2O2. The summed E-state index contributed by atoms with van der Waals surface area (Å²) in [7, 11) is 1.52. The molecule has 5 rings (SSSR count). The smallest absolute Gasteiger partial charge is 0.310 e. The summed E-state index contributed by atoms with van der Waals surface area (Å²) in [6.07, 6.45) is 4.17. The maximum atomic E-state index is 12.9. The molecular weight excluding hydrogens is 300 g/mol. The number of carbonyl (C=O) groups is 1. The van der Waals surface area contributed by atoms with Gasteiger partial charge in [0.25, 0.3) is 0 Å². The Balaban J connectivity index is 1.79. The van der Waals surface area contributed by atoms with Gasteiger partial charge in [0.1, 0.15) is 0 Å². The summed E-state index contributed by atoms with van der Waals surface area (Å²) in [5.41, 5.74) is 4.64. The van der Waals surface area contributed by atoms with Crippen LogP contribution in [0.1, 0.15) is 25.3 Å². The number of hydrogen-bond donors (Lipinski definition) is 0. The van der Waals surface area contributed by atoms with Crippen LogP contribution in [0.2, 0.25) is 0 Å². The average Bonchev–Trinajstić information content (AvgIpc) is 2.96. The highest BCUT2D eigenvalue weighted by Crippen LogP contribution is 2.60. The molecule has 4 heteroatoms. The minimum atomic E-state index is -0.261. The normalized spacial score (nSPS) is 37.8. The number of fused-ring (bicyclic) bond motifs is 2. The Morgan fingerprint density at radius 2 is 2.25 bits per heavy atom. The van der Waals surface area contributed by atoms with Gasteiger partial charge in [-0.3, -0.25) is 14.7 Å². The molecule has 4 atom stereocenters. The summed E-state index contributed by atoms with van der Waals surface area (Å²) in [6, 6.07) is 8.76. The lowest BCUT2D eigenvalue weighted by molar-refractivity contribution is -0.151. The molecule has 1 aromatic rings. The third-order valence-electron chi connectivity index (χ3n) is 6.73. The van der Waals surface area contributed by atoms with E-state index in [2.05, 4.69) is 36.1 Å². The second kappa shape index (κ2) is 4.79. The topological polar surface area (TPSA) is 41.9 Å². The van der Waals surface area contributed by atoms with Crippen molar-refractivity contribution in [3.63, 3.8) is 0 Å². The summed E-state index contributed by atoms with van der Waals surface area (Å²) in [4.78, 5) is 20.5. The highest BCUT2D eigenvalue weighted by atomic mass is 16.5. The molecule has 4 aliphatic rings. The fourth-order valence-corrected chi connectivity index (χ4v) is 5.77. The fraction of sp³-hybridized carbons (Fsp3) is 0.500. The Morgan fingerprint density at radius 3 is 3.04 bits per heavy atom. The van der Waals surface area contributed by atoms with Crippen molar-refractivity contribution < 1.29 is 9.53 Å². The largest absolute Gasteiger partial charge is 0.469 e. The number of aliphatic imine (C=N–C) groups is 1. The summed E-state index contributed by atoms with van der Waals surface area (Å²) in [5.74, 6) is 0.0569. The number of methoxy groups -OCH3 is 1. The summed E-state index contributed by atoms with van der Waals surface area (Å²) in [5, 5.41) is 0. The van der Waals surface area contributed by atoms with Gasteiger partial charge >= 0.3 is 5.97 Å². The van der Waals surface area contributed by atoms with Crippen molar-refractivity contribution in [2.45, 2.75) is 31.2 Å². The van der Waals surface area contributed by atoms with Gasteiger partial charge in [0.15, 0.2) is 0 Å². The molecule has 2 saturated heterocycles. The van der Waals surface area contributed by atoms with Gasteiger partial charge in [-0.05, 0) is 37.3 Å². The van der Waals surface area contributed by atoms with Gasteiger partial charge < -0.3 is 4.74 Å².